The van der Waals surface area contributed by atoms with Crippen LogP contribution in [0.3, 0.4) is 0 Å². The second kappa shape index (κ2) is 3.77. The maximum atomic E-state index is 11.5. The van der Waals surface area contributed by atoms with E-state index in [-0.39, 0.29) is 5.75 Å². The van der Waals surface area contributed by atoms with Gasteiger partial charge in [0.25, 0.3) is 0 Å². The number of aromatic nitrogens is 1. The summed E-state index contributed by atoms with van der Waals surface area (Å²) >= 11 is 0. The molecule has 0 radical (unpaired) electrons. The number of phenols is 1. The lowest BCUT2D eigenvalue weighted by atomic mass is 10.1. The molecule has 1 aliphatic rings. The lowest BCUT2D eigenvalue weighted by molar-refractivity contribution is 0.0697. The Morgan fingerprint density at radius 2 is 2.17 bits per heavy atom. The molecule has 0 amide bonds. The summed E-state index contributed by atoms with van der Waals surface area (Å²) in [7, 11) is 0. The van der Waals surface area contributed by atoms with Crippen molar-refractivity contribution in [2.24, 2.45) is 0 Å². The molecule has 1 aromatic heterocycles. The van der Waals surface area contributed by atoms with E-state index in [1.165, 1.54) is 0 Å². The van der Waals surface area contributed by atoms with E-state index < -0.39 is 5.97 Å². The van der Waals surface area contributed by atoms with Crippen LogP contribution in [0.5, 0.6) is 5.75 Å². The quantitative estimate of drug-likeness (QED) is 0.873. The summed E-state index contributed by atoms with van der Waals surface area (Å²) in [5.41, 5.74) is 2.19. The van der Waals surface area contributed by atoms with E-state index in [0.717, 1.165) is 30.6 Å². The third-order valence-corrected chi connectivity index (χ3v) is 3.58. The topological polar surface area (TPSA) is 62.5 Å². The van der Waals surface area contributed by atoms with Crippen LogP contribution in [0.25, 0.3) is 10.9 Å². The number of phenolic OH excluding ortho intramolecular Hbond substituents is 1. The minimum Gasteiger partial charge on any atom is -0.508 e. The fraction of sp³-hybridized carbons (Fsp3) is 0.357. The van der Waals surface area contributed by atoms with E-state index in [1.54, 1.807) is 18.2 Å². The lowest BCUT2D eigenvalue weighted by Crippen LogP contribution is -2.04. The van der Waals surface area contributed by atoms with Gasteiger partial charge in [-0.15, -0.1) is 0 Å². The number of nitrogens with zero attached hydrogens (tertiary/aromatic N) is 1. The van der Waals surface area contributed by atoms with Crippen molar-refractivity contribution in [2.45, 2.75) is 32.2 Å². The Labute approximate surface area is 104 Å². The molecule has 1 aliphatic carbocycles. The van der Waals surface area contributed by atoms with Crippen molar-refractivity contribution < 1.29 is 15.0 Å². The van der Waals surface area contributed by atoms with E-state index in [1.807, 2.05) is 6.92 Å². The Bertz CT molecular complexity index is 638. The molecule has 1 aromatic carbocycles. The Balaban J connectivity index is 2.41. The van der Waals surface area contributed by atoms with E-state index in [4.69, 9.17) is 0 Å². The molecule has 0 aliphatic heterocycles. The van der Waals surface area contributed by atoms with Crippen molar-refractivity contribution >= 4 is 16.9 Å². The lowest BCUT2D eigenvalue weighted by Gasteiger charge is -2.07. The fourth-order valence-corrected chi connectivity index (χ4v) is 2.71. The summed E-state index contributed by atoms with van der Waals surface area (Å²) in [6, 6.07) is 4.96. The molecule has 0 saturated heterocycles. The van der Waals surface area contributed by atoms with Gasteiger partial charge in [0.1, 0.15) is 5.75 Å². The van der Waals surface area contributed by atoms with Crippen molar-refractivity contribution in [3.05, 3.63) is 29.5 Å². The maximum Gasteiger partial charge on any atom is 0.338 e. The molecule has 0 unspecified atom stereocenters. The van der Waals surface area contributed by atoms with Crippen LogP contribution < -0.4 is 0 Å². The molecule has 3 rings (SSSR count). The first kappa shape index (κ1) is 11.1. The number of rotatable bonds is 3. The van der Waals surface area contributed by atoms with Crippen LogP contribution >= 0.6 is 0 Å². The zero-order valence-corrected chi connectivity index (χ0v) is 10.2. The molecule has 1 fully saturated rings. The zero-order valence-electron chi connectivity index (χ0n) is 10.2. The number of carbonyl (C=O) groups is 1. The number of hydrogen-bond donors (Lipinski definition) is 2. The molecule has 1 heterocycles. The molecule has 0 atom stereocenters. The highest BCUT2D eigenvalue weighted by Crippen LogP contribution is 2.45. The van der Waals surface area contributed by atoms with E-state index in [9.17, 15) is 15.0 Å². The summed E-state index contributed by atoms with van der Waals surface area (Å²) in [5.74, 6) is -0.425. The van der Waals surface area contributed by atoms with Gasteiger partial charge in [-0.25, -0.2) is 4.79 Å². The van der Waals surface area contributed by atoms with Crippen molar-refractivity contribution in [1.29, 1.82) is 0 Å². The van der Waals surface area contributed by atoms with Crippen molar-refractivity contribution in [2.75, 3.05) is 0 Å². The van der Waals surface area contributed by atoms with Crippen LogP contribution in [0.2, 0.25) is 0 Å². The van der Waals surface area contributed by atoms with Crippen LogP contribution in [0.15, 0.2) is 18.2 Å². The Morgan fingerprint density at radius 1 is 1.44 bits per heavy atom. The van der Waals surface area contributed by atoms with Crippen LogP contribution in [0.1, 0.15) is 41.7 Å². The van der Waals surface area contributed by atoms with E-state index >= 15 is 0 Å². The average Bonchev–Trinajstić information content (AvgIpc) is 3.10. The van der Waals surface area contributed by atoms with Crippen LogP contribution in [-0.2, 0) is 6.54 Å². The van der Waals surface area contributed by atoms with Gasteiger partial charge in [0.15, 0.2) is 0 Å². The molecule has 94 valence electrons. The minimum absolute atomic E-state index is 0.112. The molecular formula is C14H15NO3. The van der Waals surface area contributed by atoms with Crippen LogP contribution in [0.4, 0.5) is 0 Å². The normalized spacial score (nSPS) is 15.2. The van der Waals surface area contributed by atoms with Crippen LogP contribution in [-0.4, -0.2) is 20.7 Å². The van der Waals surface area contributed by atoms with E-state index in [2.05, 4.69) is 4.57 Å². The minimum atomic E-state index is -0.903. The molecule has 2 aromatic rings. The second-order valence-electron chi connectivity index (χ2n) is 4.79. The van der Waals surface area contributed by atoms with Crippen molar-refractivity contribution in [1.82, 2.24) is 4.57 Å². The van der Waals surface area contributed by atoms with Gasteiger partial charge in [-0.1, -0.05) is 0 Å². The molecule has 0 bridgehead atoms. The van der Waals surface area contributed by atoms with Gasteiger partial charge in [0, 0.05) is 29.1 Å². The summed E-state index contributed by atoms with van der Waals surface area (Å²) < 4.78 is 2.07. The average molecular weight is 245 g/mol. The summed E-state index contributed by atoms with van der Waals surface area (Å²) in [6.07, 6.45) is 2.12. The molecule has 4 nitrogen and oxygen atoms in total. The molecule has 4 heteroatoms. The summed E-state index contributed by atoms with van der Waals surface area (Å²) in [5, 5.41) is 19.7. The Hall–Kier alpha value is -1.97. The first-order chi connectivity index (χ1) is 8.63. The predicted octanol–water partition coefficient (Wildman–Crippen LogP) is 2.94. The third kappa shape index (κ3) is 1.49. The van der Waals surface area contributed by atoms with E-state index in [0.29, 0.717) is 16.9 Å². The van der Waals surface area contributed by atoms with Gasteiger partial charge in [0.2, 0.25) is 0 Å². The SMILES string of the molecule is CCn1c(C2CC2)c(C(=O)O)c2cc(O)ccc21. The number of carboxylic acid groups (broad SMARTS) is 1. The Morgan fingerprint density at radius 3 is 2.72 bits per heavy atom. The highest BCUT2D eigenvalue weighted by Gasteiger charge is 2.33. The highest BCUT2D eigenvalue weighted by atomic mass is 16.4. The molecule has 2 N–H and O–H groups in total. The summed E-state index contributed by atoms with van der Waals surface area (Å²) in [4.78, 5) is 11.5. The summed E-state index contributed by atoms with van der Waals surface area (Å²) in [6.45, 7) is 2.77. The largest absolute Gasteiger partial charge is 0.508 e. The van der Waals surface area contributed by atoms with Gasteiger partial charge in [-0.3, -0.25) is 0 Å². The number of aromatic carboxylic acids is 1. The number of aromatic hydroxyl groups is 1. The first-order valence-corrected chi connectivity index (χ1v) is 6.22. The van der Waals surface area contributed by atoms with Gasteiger partial charge in [0.05, 0.1) is 5.56 Å². The molecule has 18 heavy (non-hydrogen) atoms. The number of carboxylic acids is 1. The van der Waals surface area contributed by atoms with Crippen molar-refractivity contribution in [3.63, 3.8) is 0 Å². The highest BCUT2D eigenvalue weighted by molar-refractivity contribution is 6.05. The maximum absolute atomic E-state index is 11.5. The fourth-order valence-electron chi connectivity index (χ4n) is 2.71. The molecule has 0 spiro atoms. The number of aryl methyl sites for hydroxylation is 1. The zero-order chi connectivity index (χ0) is 12.9. The van der Waals surface area contributed by atoms with Gasteiger partial charge in [-0.05, 0) is 38.0 Å². The second-order valence-corrected chi connectivity index (χ2v) is 4.79. The molecular weight excluding hydrogens is 230 g/mol. The monoisotopic (exact) mass is 245 g/mol. The Kier molecular flexibility index (Phi) is 2.33. The number of benzene rings is 1. The van der Waals surface area contributed by atoms with Crippen LogP contribution in [0, 0.1) is 0 Å². The molecule has 1 saturated carbocycles. The third-order valence-electron chi connectivity index (χ3n) is 3.58. The first-order valence-electron chi connectivity index (χ1n) is 6.22. The predicted molar refractivity (Wildman–Crippen MR) is 68.2 cm³/mol. The van der Waals surface area contributed by atoms with Gasteiger partial charge >= 0.3 is 5.97 Å². The number of hydrogen-bond acceptors (Lipinski definition) is 2. The van der Waals surface area contributed by atoms with Gasteiger partial charge < -0.3 is 14.8 Å². The standard InChI is InChI=1S/C14H15NO3/c1-2-15-11-6-5-9(16)7-10(11)12(14(17)18)13(15)8-3-4-8/h5-8,16H,2-4H2,1H3,(H,17,18). The van der Waals surface area contributed by atoms with Gasteiger partial charge in [-0.2, -0.15) is 0 Å². The van der Waals surface area contributed by atoms with Crippen molar-refractivity contribution in [3.8, 4) is 5.75 Å². The smallest absolute Gasteiger partial charge is 0.338 e. The number of fused-ring (bicyclic) bond motifs is 1.